The predicted molar refractivity (Wildman–Crippen MR) is 70.9 cm³/mol. The molecule has 1 unspecified atom stereocenters. The van der Waals surface area contributed by atoms with Crippen molar-refractivity contribution in [1.29, 1.82) is 0 Å². The molecule has 0 heterocycles. The van der Waals surface area contributed by atoms with Crippen LogP contribution in [-0.2, 0) is 4.79 Å². The van der Waals surface area contributed by atoms with E-state index in [9.17, 15) is 9.90 Å². The molecule has 1 aromatic rings. The highest BCUT2D eigenvalue weighted by atomic mass is 35.5. The van der Waals surface area contributed by atoms with Crippen molar-refractivity contribution in [3.05, 3.63) is 28.8 Å². The summed E-state index contributed by atoms with van der Waals surface area (Å²) >= 11 is 5.85. The molecule has 0 saturated carbocycles. The second-order valence-electron chi connectivity index (χ2n) is 4.00. The summed E-state index contributed by atoms with van der Waals surface area (Å²) in [6.45, 7) is 4.16. The molecular weight excluding hydrogens is 254 g/mol. The molecule has 0 aliphatic carbocycles. The number of carbonyl (C=O) groups is 1. The Morgan fingerprint density at radius 3 is 2.89 bits per heavy atom. The lowest BCUT2D eigenvalue weighted by Gasteiger charge is -2.13. The first kappa shape index (κ1) is 14.8. The van der Waals surface area contributed by atoms with E-state index < -0.39 is 6.10 Å². The first-order chi connectivity index (χ1) is 8.54. The third-order valence-electron chi connectivity index (χ3n) is 2.35. The van der Waals surface area contributed by atoms with Crippen LogP contribution in [0.5, 0.6) is 5.75 Å². The summed E-state index contributed by atoms with van der Waals surface area (Å²) in [4.78, 5) is 11.4. The Morgan fingerprint density at radius 2 is 2.28 bits per heavy atom. The van der Waals surface area contributed by atoms with Crippen molar-refractivity contribution in [3.63, 3.8) is 0 Å². The maximum atomic E-state index is 11.4. The zero-order valence-corrected chi connectivity index (χ0v) is 11.3. The molecule has 0 radical (unpaired) electrons. The van der Waals surface area contributed by atoms with Crippen LogP contribution < -0.4 is 10.1 Å². The Morgan fingerprint density at radius 1 is 1.56 bits per heavy atom. The maximum Gasteiger partial charge on any atom is 0.257 e. The number of nitrogens with one attached hydrogen (secondary N) is 1. The van der Waals surface area contributed by atoms with Crippen molar-refractivity contribution in [2.24, 2.45) is 0 Å². The van der Waals surface area contributed by atoms with Gasteiger partial charge in [-0.3, -0.25) is 4.79 Å². The molecule has 0 aliphatic heterocycles. The van der Waals surface area contributed by atoms with Gasteiger partial charge in [0.25, 0.3) is 5.91 Å². The number of ether oxygens (including phenoxy) is 1. The SMILES string of the molecule is CCCNC(=O)COc1ccc(Cl)cc1C(C)O. The zero-order valence-electron chi connectivity index (χ0n) is 10.6. The molecule has 4 nitrogen and oxygen atoms in total. The summed E-state index contributed by atoms with van der Waals surface area (Å²) in [6, 6.07) is 4.94. The minimum absolute atomic E-state index is 0.0681. The standard InChI is InChI=1S/C13H18ClNO3/c1-3-6-15-13(17)8-18-12-5-4-10(14)7-11(12)9(2)16/h4-5,7,9,16H,3,6,8H2,1-2H3,(H,15,17). The van der Waals surface area contributed by atoms with Crippen LogP contribution in [0.15, 0.2) is 18.2 Å². The summed E-state index contributed by atoms with van der Waals surface area (Å²) in [5.74, 6) is 0.296. The number of rotatable bonds is 6. The van der Waals surface area contributed by atoms with Crippen LogP contribution >= 0.6 is 11.6 Å². The summed E-state index contributed by atoms with van der Waals surface area (Å²) in [6.07, 6.45) is 0.184. The number of benzene rings is 1. The van der Waals surface area contributed by atoms with Gasteiger partial charge in [-0.25, -0.2) is 0 Å². The Hall–Kier alpha value is -1.26. The Bertz CT molecular complexity index is 407. The number of carbonyl (C=O) groups excluding carboxylic acids is 1. The molecule has 1 atom stereocenters. The van der Waals surface area contributed by atoms with Crippen molar-refractivity contribution >= 4 is 17.5 Å². The lowest BCUT2D eigenvalue weighted by Crippen LogP contribution is -2.29. The summed E-state index contributed by atoms with van der Waals surface area (Å²) in [5, 5.41) is 12.8. The fourth-order valence-corrected chi connectivity index (χ4v) is 1.62. The molecule has 100 valence electrons. The number of aliphatic hydroxyl groups excluding tert-OH is 1. The number of hydrogen-bond donors (Lipinski definition) is 2. The van der Waals surface area contributed by atoms with Gasteiger partial charge in [0.05, 0.1) is 6.10 Å². The lowest BCUT2D eigenvalue weighted by molar-refractivity contribution is -0.123. The van der Waals surface area contributed by atoms with Gasteiger partial charge < -0.3 is 15.2 Å². The van der Waals surface area contributed by atoms with Gasteiger partial charge in [-0.15, -0.1) is 0 Å². The largest absolute Gasteiger partial charge is 0.483 e. The van der Waals surface area contributed by atoms with E-state index in [1.54, 1.807) is 25.1 Å². The molecule has 0 fully saturated rings. The molecular formula is C13H18ClNO3. The topological polar surface area (TPSA) is 58.6 Å². The lowest BCUT2D eigenvalue weighted by atomic mass is 10.1. The Labute approximate surface area is 112 Å². The van der Waals surface area contributed by atoms with Gasteiger partial charge in [0, 0.05) is 17.1 Å². The van der Waals surface area contributed by atoms with Crippen LogP contribution in [0.2, 0.25) is 5.02 Å². The molecule has 1 amide bonds. The molecule has 18 heavy (non-hydrogen) atoms. The normalized spacial score (nSPS) is 12.0. The number of hydrogen-bond acceptors (Lipinski definition) is 3. The van der Waals surface area contributed by atoms with Crippen LogP contribution in [-0.4, -0.2) is 24.2 Å². The van der Waals surface area contributed by atoms with Crippen molar-refractivity contribution in [2.75, 3.05) is 13.2 Å². The van der Waals surface area contributed by atoms with Crippen molar-refractivity contribution in [2.45, 2.75) is 26.4 Å². The van der Waals surface area contributed by atoms with E-state index in [0.29, 0.717) is 22.9 Å². The summed E-state index contributed by atoms with van der Waals surface area (Å²) < 4.78 is 5.38. The van der Waals surface area contributed by atoms with E-state index in [1.807, 2.05) is 6.92 Å². The van der Waals surface area contributed by atoms with Gasteiger partial charge in [-0.2, -0.15) is 0 Å². The van der Waals surface area contributed by atoms with E-state index in [2.05, 4.69) is 5.32 Å². The highest BCUT2D eigenvalue weighted by Crippen LogP contribution is 2.28. The van der Waals surface area contributed by atoms with Crippen LogP contribution in [0.4, 0.5) is 0 Å². The first-order valence-corrected chi connectivity index (χ1v) is 6.29. The third kappa shape index (κ3) is 4.55. The van der Waals surface area contributed by atoms with Gasteiger partial charge in [0.1, 0.15) is 5.75 Å². The fourth-order valence-electron chi connectivity index (χ4n) is 1.44. The van der Waals surface area contributed by atoms with E-state index in [-0.39, 0.29) is 12.5 Å². The van der Waals surface area contributed by atoms with Crippen molar-refractivity contribution in [1.82, 2.24) is 5.32 Å². The molecule has 0 bridgehead atoms. The summed E-state index contributed by atoms with van der Waals surface area (Å²) in [5.41, 5.74) is 0.575. The summed E-state index contributed by atoms with van der Waals surface area (Å²) in [7, 11) is 0. The molecule has 1 aromatic carbocycles. The van der Waals surface area contributed by atoms with Crippen molar-refractivity contribution in [3.8, 4) is 5.75 Å². The minimum Gasteiger partial charge on any atom is -0.483 e. The average molecular weight is 272 g/mol. The van der Waals surface area contributed by atoms with Gasteiger partial charge in [-0.1, -0.05) is 18.5 Å². The van der Waals surface area contributed by atoms with Crippen LogP contribution in [0, 0.1) is 0 Å². The van der Waals surface area contributed by atoms with Gasteiger partial charge in [-0.05, 0) is 31.5 Å². The van der Waals surface area contributed by atoms with E-state index in [4.69, 9.17) is 16.3 Å². The van der Waals surface area contributed by atoms with Gasteiger partial charge in [0.15, 0.2) is 6.61 Å². The van der Waals surface area contributed by atoms with Crippen LogP contribution in [0.1, 0.15) is 31.9 Å². The fraction of sp³-hybridized carbons (Fsp3) is 0.462. The monoisotopic (exact) mass is 271 g/mol. The predicted octanol–water partition coefficient (Wildman–Crippen LogP) is 2.30. The van der Waals surface area contributed by atoms with Gasteiger partial charge >= 0.3 is 0 Å². The van der Waals surface area contributed by atoms with Crippen molar-refractivity contribution < 1.29 is 14.6 Å². The third-order valence-corrected chi connectivity index (χ3v) is 2.59. The molecule has 5 heteroatoms. The van der Waals surface area contributed by atoms with Gasteiger partial charge in [0.2, 0.25) is 0 Å². The zero-order chi connectivity index (χ0) is 13.5. The highest BCUT2D eigenvalue weighted by Gasteiger charge is 2.11. The molecule has 2 N–H and O–H groups in total. The number of aliphatic hydroxyl groups is 1. The quantitative estimate of drug-likeness (QED) is 0.835. The Kier molecular flexibility index (Phi) is 5.95. The Balaban J connectivity index is 2.64. The van der Waals surface area contributed by atoms with E-state index in [1.165, 1.54) is 0 Å². The van der Waals surface area contributed by atoms with Crippen LogP contribution in [0.25, 0.3) is 0 Å². The first-order valence-electron chi connectivity index (χ1n) is 5.91. The average Bonchev–Trinajstić information content (AvgIpc) is 2.34. The molecule has 1 rings (SSSR count). The number of halogens is 1. The number of amides is 1. The van der Waals surface area contributed by atoms with Crippen LogP contribution in [0.3, 0.4) is 0 Å². The van der Waals surface area contributed by atoms with E-state index >= 15 is 0 Å². The molecule has 0 spiro atoms. The highest BCUT2D eigenvalue weighted by molar-refractivity contribution is 6.30. The minimum atomic E-state index is -0.697. The van der Waals surface area contributed by atoms with E-state index in [0.717, 1.165) is 6.42 Å². The second-order valence-corrected chi connectivity index (χ2v) is 4.43. The second kappa shape index (κ2) is 7.24. The maximum absolute atomic E-state index is 11.4. The molecule has 0 aliphatic rings. The smallest absolute Gasteiger partial charge is 0.257 e. The molecule has 0 aromatic heterocycles. The molecule has 0 saturated heterocycles.